The fourth-order valence-corrected chi connectivity index (χ4v) is 4.03. The van der Waals surface area contributed by atoms with Crippen molar-refractivity contribution < 1.29 is 14.4 Å². The fourth-order valence-electron chi connectivity index (χ4n) is 3.30. The lowest BCUT2D eigenvalue weighted by atomic mass is 10.1. The summed E-state index contributed by atoms with van der Waals surface area (Å²) in [5.74, 6) is -0.571. The van der Waals surface area contributed by atoms with Gasteiger partial charge < -0.3 is 16.0 Å². The van der Waals surface area contributed by atoms with Crippen LogP contribution in [0, 0.1) is 0 Å². The van der Waals surface area contributed by atoms with E-state index in [1.807, 2.05) is 53.9 Å². The SMILES string of the molecule is CC(=O)Nc1ccc(-c2csc(NC(=O)CCNC(=O)c3ccc4ccccc4c3)n2)cc1. The molecule has 0 unspecified atom stereocenters. The van der Waals surface area contributed by atoms with Gasteiger partial charge in [0.25, 0.3) is 5.91 Å². The summed E-state index contributed by atoms with van der Waals surface area (Å²) in [6.07, 6.45) is 0.139. The van der Waals surface area contributed by atoms with Crippen LogP contribution in [0.4, 0.5) is 10.8 Å². The van der Waals surface area contributed by atoms with Crippen molar-refractivity contribution in [2.75, 3.05) is 17.2 Å². The Balaban J connectivity index is 1.27. The number of hydrogen-bond acceptors (Lipinski definition) is 5. The third kappa shape index (κ3) is 5.81. The van der Waals surface area contributed by atoms with E-state index in [4.69, 9.17) is 0 Å². The maximum atomic E-state index is 12.4. The van der Waals surface area contributed by atoms with E-state index in [0.29, 0.717) is 16.4 Å². The van der Waals surface area contributed by atoms with E-state index >= 15 is 0 Å². The van der Waals surface area contributed by atoms with E-state index in [0.717, 1.165) is 22.0 Å². The molecule has 166 valence electrons. The summed E-state index contributed by atoms with van der Waals surface area (Å²) in [5.41, 5.74) is 2.88. The summed E-state index contributed by atoms with van der Waals surface area (Å²) in [5, 5.41) is 12.7. The molecule has 4 rings (SSSR count). The van der Waals surface area contributed by atoms with Crippen LogP contribution < -0.4 is 16.0 Å². The molecular formula is C25H22N4O3S. The van der Waals surface area contributed by atoms with Crippen LogP contribution in [-0.2, 0) is 9.59 Å². The molecule has 0 aliphatic rings. The summed E-state index contributed by atoms with van der Waals surface area (Å²) in [7, 11) is 0. The summed E-state index contributed by atoms with van der Waals surface area (Å²) < 4.78 is 0. The highest BCUT2D eigenvalue weighted by molar-refractivity contribution is 7.14. The molecule has 3 aromatic carbocycles. The number of thiazole rings is 1. The molecule has 0 aliphatic heterocycles. The Morgan fingerprint density at radius 1 is 0.909 bits per heavy atom. The van der Waals surface area contributed by atoms with Gasteiger partial charge in [-0.2, -0.15) is 0 Å². The van der Waals surface area contributed by atoms with Crippen molar-refractivity contribution in [1.82, 2.24) is 10.3 Å². The monoisotopic (exact) mass is 458 g/mol. The summed E-state index contributed by atoms with van der Waals surface area (Å²) in [6.45, 7) is 1.68. The topological polar surface area (TPSA) is 100 Å². The number of benzene rings is 3. The molecule has 8 heteroatoms. The van der Waals surface area contributed by atoms with Crippen LogP contribution in [-0.4, -0.2) is 29.3 Å². The predicted octanol–water partition coefficient (Wildman–Crippen LogP) is 4.68. The van der Waals surface area contributed by atoms with Crippen molar-refractivity contribution in [2.45, 2.75) is 13.3 Å². The first kappa shape index (κ1) is 22.2. The highest BCUT2D eigenvalue weighted by atomic mass is 32.1. The number of amides is 3. The smallest absolute Gasteiger partial charge is 0.251 e. The minimum atomic E-state index is -0.226. The molecule has 0 radical (unpaired) electrons. The second-order valence-corrected chi connectivity index (χ2v) is 8.27. The van der Waals surface area contributed by atoms with Crippen molar-refractivity contribution in [3.8, 4) is 11.3 Å². The van der Waals surface area contributed by atoms with Gasteiger partial charge in [-0.1, -0.05) is 42.5 Å². The number of aromatic nitrogens is 1. The first-order valence-corrected chi connectivity index (χ1v) is 11.3. The van der Waals surface area contributed by atoms with E-state index in [-0.39, 0.29) is 30.7 Å². The predicted molar refractivity (Wildman–Crippen MR) is 131 cm³/mol. The third-order valence-corrected chi connectivity index (χ3v) is 5.66. The van der Waals surface area contributed by atoms with Gasteiger partial charge in [0, 0.05) is 42.1 Å². The maximum Gasteiger partial charge on any atom is 0.251 e. The van der Waals surface area contributed by atoms with E-state index in [9.17, 15) is 14.4 Å². The average molecular weight is 459 g/mol. The number of nitrogens with one attached hydrogen (secondary N) is 3. The molecule has 0 fully saturated rings. The number of hydrogen-bond donors (Lipinski definition) is 3. The van der Waals surface area contributed by atoms with Crippen molar-refractivity contribution in [3.63, 3.8) is 0 Å². The lowest BCUT2D eigenvalue weighted by Crippen LogP contribution is -2.27. The number of carbonyl (C=O) groups is 3. The number of nitrogens with zero attached hydrogens (tertiary/aromatic N) is 1. The molecular weight excluding hydrogens is 436 g/mol. The largest absolute Gasteiger partial charge is 0.352 e. The number of anilines is 2. The molecule has 1 heterocycles. The first-order chi connectivity index (χ1) is 16.0. The fraction of sp³-hybridized carbons (Fsp3) is 0.120. The molecule has 0 spiro atoms. The van der Waals surface area contributed by atoms with Crippen LogP contribution in [0.25, 0.3) is 22.0 Å². The molecule has 4 aromatic rings. The van der Waals surface area contributed by atoms with Crippen LogP contribution in [0.5, 0.6) is 0 Å². The van der Waals surface area contributed by atoms with Gasteiger partial charge in [-0.3, -0.25) is 14.4 Å². The zero-order valence-corrected chi connectivity index (χ0v) is 18.7. The normalized spacial score (nSPS) is 10.6. The Bertz CT molecular complexity index is 1310. The minimum absolute atomic E-state index is 0.130. The van der Waals surface area contributed by atoms with E-state index in [1.54, 1.807) is 18.2 Å². The van der Waals surface area contributed by atoms with Crippen molar-refractivity contribution in [2.24, 2.45) is 0 Å². The summed E-state index contributed by atoms with van der Waals surface area (Å²) in [6, 6.07) is 20.7. The van der Waals surface area contributed by atoms with Crippen LogP contribution in [0.2, 0.25) is 0 Å². The van der Waals surface area contributed by atoms with E-state index in [1.165, 1.54) is 18.3 Å². The van der Waals surface area contributed by atoms with Gasteiger partial charge in [0.2, 0.25) is 11.8 Å². The standard InChI is InChI=1S/C25H22N4O3S/c1-16(30)27-21-10-8-18(9-11-21)22-15-33-25(28-22)29-23(31)12-13-26-24(32)20-7-6-17-4-2-3-5-19(17)14-20/h2-11,14-15H,12-13H2,1H3,(H,26,32)(H,27,30)(H,28,29,31). The second kappa shape index (κ2) is 10.1. The molecule has 3 amide bonds. The molecule has 1 aromatic heterocycles. The molecule has 0 aliphatic carbocycles. The van der Waals surface area contributed by atoms with Crippen molar-refractivity contribution in [3.05, 3.63) is 77.7 Å². The lowest BCUT2D eigenvalue weighted by molar-refractivity contribution is -0.116. The summed E-state index contributed by atoms with van der Waals surface area (Å²) >= 11 is 1.33. The molecule has 0 saturated heterocycles. The van der Waals surface area contributed by atoms with E-state index < -0.39 is 0 Å². The average Bonchev–Trinajstić information content (AvgIpc) is 3.27. The highest BCUT2D eigenvalue weighted by Gasteiger charge is 2.10. The van der Waals surface area contributed by atoms with Gasteiger partial charge in [0.1, 0.15) is 0 Å². The third-order valence-electron chi connectivity index (χ3n) is 4.90. The molecule has 3 N–H and O–H groups in total. The van der Waals surface area contributed by atoms with Crippen LogP contribution in [0.15, 0.2) is 72.1 Å². The molecule has 7 nitrogen and oxygen atoms in total. The zero-order chi connectivity index (χ0) is 23.2. The van der Waals surface area contributed by atoms with Gasteiger partial charge in [-0.15, -0.1) is 11.3 Å². The van der Waals surface area contributed by atoms with Crippen molar-refractivity contribution >= 4 is 50.6 Å². The number of rotatable bonds is 7. The Morgan fingerprint density at radius 3 is 2.42 bits per heavy atom. The molecule has 0 saturated carbocycles. The Morgan fingerprint density at radius 2 is 1.67 bits per heavy atom. The molecule has 0 atom stereocenters. The van der Waals surface area contributed by atoms with Gasteiger partial charge in [-0.05, 0) is 35.0 Å². The maximum absolute atomic E-state index is 12.4. The van der Waals surface area contributed by atoms with Gasteiger partial charge in [-0.25, -0.2) is 4.98 Å². The van der Waals surface area contributed by atoms with Crippen LogP contribution >= 0.6 is 11.3 Å². The van der Waals surface area contributed by atoms with Crippen LogP contribution in [0.3, 0.4) is 0 Å². The van der Waals surface area contributed by atoms with E-state index in [2.05, 4.69) is 20.9 Å². The quantitative estimate of drug-likeness (QED) is 0.374. The lowest BCUT2D eigenvalue weighted by Gasteiger charge is -2.06. The van der Waals surface area contributed by atoms with Gasteiger partial charge in [0.15, 0.2) is 5.13 Å². The zero-order valence-electron chi connectivity index (χ0n) is 17.9. The molecule has 0 bridgehead atoms. The second-order valence-electron chi connectivity index (χ2n) is 7.41. The molecule has 33 heavy (non-hydrogen) atoms. The van der Waals surface area contributed by atoms with Crippen molar-refractivity contribution in [1.29, 1.82) is 0 Å². The number of fused-ring (bicyclic) bond motifs is 1. The number of carbonyl (C=O) groups excluding carboxylic acids is 3. The summed E-state index contributed by atoms with van der Waals surface area (Å²) in [4.78, 5) is 40.2. The van der Waals surface area contributed by atoms with Crippen LogP contribution in [0.1, 0.15) is 23.7 Å². The first-order valence-electron chi connectivity index (χ1n) is 10.4. The van der Waals surface area contributed by atoms with Gasteiger partial charge in [0.05, 0.1) is 5.69 Å². The Hall–Kier alpha value is -4.04. The highest BCUT2D eigenvalue weighted by Crippen LogP contribution is 2.26. The van der Waals surface area contributed by atoms with Gasteiger partial charge >= 0.3 is 0 Å². The minimum Gasteiger partial charge on any atom is -0.352 e. The Kier molecular flexibility index (Phi) is 6.75. The Labute approximate surface area is 194 Å².